The maximum absolute atomic E-state index is 12.7. The molecule has 1 N–H and O–H groups in total. The number of benzene rings is 1. The summed E-state index contributed by atoms with van der Waals surface area (Å²) in [5.74, 6) is 0.962. The van der Waals surface area contributed by atoms with Crippen LogP contribution in [0.15, 0.2) is 18.2 Å². The molecule has 126 valence electrons. The third kappa shape index (κ3) is 3.16. The highest BCUT2D eigenvalue weighted by molar-refractivity contribution is 5.79. The standard InChI is InChI=1S/C20H29NO2/c1-4-20(23)9-5-6-17-12-21(13-18(17)20)19(22)11-16-8-7-14(2)15(3)10-16/h7-8,10,17-18,23H,4-6,9,11-13H2,1-3H3/t17-,18+,20-/m1/s1. The molecule has 1 saturated carbocycles. The van der Waals surface area contributed by atoms with Crippen LogP contribution in [0.5, 0.6) is 0 Å². The minimum absolute atomic E-state index is 0.209. The van der Waals surface area contributed by atoms with Gasteiger partial charge in [0.05, 0.1) is 12.0 Å². The molecule has 3 nitrogen and oxygen atoms in total. The number of hydrogen-bond donors (Lipinski definition) is 1. The molecule has 1 aliphatic heterocycles. The van der Waals surface area contributed by atoms with Gasteiger partial charge in [-0.1, -0.05) is 31.5 Å². The average Bonchev–Trinajstić information content (AvgIpc) is 2.97. The summed E-state index contributed by atoms with van der Waals surface area (Å²) >= 11 is 0. The number of rotatable bonds is 3. The van der Waals surface area contributed by atoms with Crippen molar-refractivity contribution >= 4 is 5.91 Å². The van der Waals surface area contributed by atoms with E-state index >= 15 is 0 Å². The summed E-state index contributed by atoms with van der Waals surface area (Å²) in [4.78, 5) is 14.7. The molecule has 0 aromatic heterocycles. The summed E-state index contributed by atoms with van der Waals surface area (Å²) in [6.45, 7) is 7.82. The van der Waals surface area contributed by atoms with Gasteiger partial charge in [0.15, 0.2) is 0 Å². The molecule has 1 amide bonds. The molecule has 3 atom stereocenters. The summed E-state index contributed by atoms with van der Waals surface area (Å²) in [5.41, 5.74) is 3.05. The smallest absolute Gasteiger partial charge is 0.227 e. The maximum atomic E-state index is 12.7. The molecule has 0 unspecified atom stereocenters. The van der Waals surface area contributed by atoms with Gasteiger partial charge in [0.2, 0.25) is 5.91 Å². The molecular formula is C20H29NO2. The topological polar surface area (TPSA) is 40.5 Å². The summed E-state index contributed by atoms with van der Waals surface area (Å²) in [7, 11) is 0. The van der Waals surface area contributed by atoms with Crippen molar-refractivity contribution in [3.05, 3.63) is 34.9 Å². The van der Waals surface area contributed by atoms with Crippen molar-refractivity contribution in [2.75, 3.05) is 13.1 Å². The lowest BCUT2D eigenvalue weighted by Crippen LogP contribution is -2.44. The lowest BCUT2D eigenvalue weighted by atomic mass is 9.69. The molecular weight excluding hydrogens is 286 g/mol. The number of carbonyl (C=O) groups excluding carboxylic acids is 1. The van der Waals surface area contributed by atoms with Crippen LogP contribution in [-0.4, -0.2) is 34.6 Å². The molecule has 2 aliphatic rings. The van der Waals surface area contributed by atoms with E-state index < -0.39 is 5.60 Å². The second-order valence-corrected chi connectivity index (χ2v) is 7.61. The van der Waals surface area contributed by atoms with Crippen LogP contribution in [0.4, 0.5) is 0 Å². The normalized spacial score (nSPS) is 30.3. The van der Waals surface area contributed by atoms with Gasteiger partial charge >= 0.3 is 0 Å². The quantitative estimate of drug-likeness (QED) is 0.930. The number of amides is 1. The van der Waals surface area contributed by atoms with Gasteiger partial charge in [-0.2, -0.15) is 0 Å². The lowest BCUT2D eigenvalue weighted by molar-refractivity contribution is -0.130. The predicted molar refractivity (Wildman–Crippen MR) is 92.3 cm³/mol. The molecule has 0 radical (unpaired) electrons. The first-order chi connectivity index (χ1) is 10.9. The number of nitrogens with zero attached hydrogens (tertiary/aromatic N) is 1. The molecule has 1 aromatic carbocycles. The highest BCUT2D eigenvalue weighted by atomic mass is 16.3. The third-order valence-electron chi connectivity index (χ3n) is 6.21. The van der Waals surface area contributed by atoms with Crippen molar-refractivity contribution in [1.29, 1.82) is 0 Å². The third-order valence-corrected chi connectivity index (χ3v) is 6.21. The Morgan fingerprint density at radius 2 is 2.09 bits per heavy atom. The van der Waals surface area contributed by atoms with E-state index in [-0.39, 0.29) is 11.8 Å². The van der Waals surface area contributed by atoms with E-state index in [9.17, 15) is 9.90 Å². The van der Waals surface area contributed by atoms with Crippen LogP contribution in [-0.2, 0) is 11.2 Å². The summed E-state index contributed by atoms with van der Waals surface area (Å²) < 4.78 is 0. The molecule has 1 aliphatic carbocycles. The Kier molecular flexibility index (Phi) is 4.50. The second kappa shape index (κ2) is 6.27. The number of aliphatic hydroxyl groups is 1. The fraction of sp³-hybridized carbons (Fsp3) is 0.650. The monoisotopic (exact) mass is 315 g/mol. The van der Waals surface area contributed by atoms with Gasteiger partial charge in [0, 0.05) is 19.0 Å². The fourth-order valence-corrected chi connectivity index (χ4v) is 4.47. The fourth-order valence-electron chi connectivity index (χ4n) is 4.47. The second-order valence-electron chi connectivity index (χ2n) is 7.61. The van der Waals surface area contributed by atoms with Crippen LogP contribution in [0, 0.1) is 25.7 Å². The summed E-state index contributed by atoms with van der Waals surface area (Å²) in [6, 6.07) is 6.28. The zero-order valence-corrected chi connectivity index (χ0v) is 14.6. The van der Waals surface area contributed by atoms with Crippen molar-refractivity contribution in [2.45, 2.75) is 58.5 Å². The van der Waals surface area contributed by atoms with Crippen molar-refractivity contribution in [3.63, 3.8) is 0 Å². The van der Waals surface area contributed by atoms with E-state index in [1.807, 2.05) is 4.90 Å². The van der Waals surface area contributed by atoms with E-state index in [2.05, 4.69) is 39.0 Å². The van der Waals surface area contributed by atoms with E-state index in [0.717, 1.165) is 44.3 Å². The van der Waals surface area contributed by atoms with Crippen LogP contribution >= 0.6 is 0 Å². The maximum Gasteiger partial charge on any atom is 0.227 e. The Balaban J connectivity index is 1.68. The first-order valence-electron chi connectivity index (χ1n) is 8.99. The minimum atomic E-state index is -0.557. The highest BCUT2D eigenvalue weighted by Crippen LogP contribution is 2.44. The van der Waals surface area contributed by atoms with Crippen molar-refractivity contribution in [2.24, 2.45) is 11.8 Å². The number of fused-ring (bicyclic) bond motifs is 1. The lowest BCUT2D eigenvalue weighted by Gasteiger charge is -2.40. The number of aryl methyl sites for hydroxylation is 2. The van der Waals surface area contributed by atoms with Gasteiger partial charge in [0.1, 0.15) is 0 Å². The number of likely N-dealkylation sites (tertiary alicyclic amines) is 1. The van der Waals surface area contributed by atoms with Crippen molar-refractivity contribution in [1.82, 2.24) is 4.90 Å². The zero-order valence-electron chi connectivity index (χ0n) is 14.6. The number of carbonyl (C=O) groups is 1. The van der Waals surface area contributed by atoms with Crippen LogP contribution in [0.3, 0.4) is 0 Å². The first kappa shape index (κ1) is 16.5. The summed E-state index contributed by atoms with van der Waals surface area (Å²) in [6.07, 6.45) is 4.41. The van der Waals surface area contributed by atoms with Crippen molar-refractivity contribution in [3.8, 4) is 0 Å². The van der Waals surface area contributed by atoms with Crippen LogP contribution in [0.2, 0.25) is 0 Å². The van der Waals surface area contributed by atoms with E-state index in [1.165, 1.54) is 11.1 Å². The van der Waals surface area contributed by atoms with Crippen LogP contribution < -0.4 is 0 Å². The molecule has 0 spiro atoms. The Bertz CT molecular complexity index is 597. The molecule has 1 heterocycles. The molecule has 3 heteroatoms. The SMILES string of the molecule is CC[C@@]1(O)CCC[C@@H]2CN(C(=O)Cc3ccc(C)c(C)c3)C[C@@H]21. The number of hydrogen-bond acceptors (Lipinski definition) is 2. The Morgan fingerprint density at radius 1 is 1.30 bits per heavy atom. The molecule has 23 heavy (non-hydrogen) atoms. The van der Waals surface area contributed by atoms with E-state index in [4.69, 9.17) is 0 Å². The van der Waals surface area contributed by atoms with E-state index in [0.29, 0.717) is 12.3 Å². The van der Waals surface area contributed by atoms with Gasteiger partial charge in [-0.15, -0.1) is 0 Å². The van der Waals surface area contributed by atoms with Crippen LogP contribution in [0.25, 0.3) is 0 Å². The van der Waals surface area contributed by atoms with Gasteiger partial charge < -0.3 is 10.0 Å². The van der Waals surface area contributed by atoms with Gasteiger partial charge in [-0.3, -0.25) is 4.79 Å². The average molecular weight is 315 g/mol. The molecule has 3 rings (SSSR count). The van der Waals surface area contributed by atoms with Gasteiger partial charge in [-0.05, 0) is 55.7 Å². The van der Waals surface area contributed by atoms with Gasteiger partial charge in [0.25, 0.3) is 0 Å². The predicted octanol–water partition coefficient (Wildman–Crippen LogP) is 3.25. The molecule has 0 bridgehead atoms. The minimum Gasteiger partial charge on any atom is -0.390 e. The van der Waals surface area contributed by atoms with Crippen molar-refractivity contribution < 1.29 is 9.90 Å². The van der Waals surface area contributed by atoms with E-state index in [1.54, 1.807) is 0 Å². The largest absolute Gasteiger partial charge is 0.390 e. The Morgan fingerprint density at radius 3 is 2.78 bits per heavy atom. The first-order valence-corrected chi connectivity index (χ1v) is 8.99. The molecule has 1 saturated heterocycles. The highest BCUT2D eigenvalue weighted by Gasteiger charge is 2.48. The summed E-state index contributed by atoms with van der Waals surface area (Å²) in [5, 5.41) is 10.9. The molecule has 2 fully saturated rings. The van der Waals surface area contributed by atoms with Crippen LogP contribution in [0.1, 0.15) is 49.3 Å². The zero-order chi connectivity index (χ0) is 16.6. The molecule has 1 aromatic rings. The Hall–Kier alpha value is -1.35. The van der Waals surface area contributed by atoms with Gasteiger partial charge in [-0.25, -0.2) is 0 Å². The Labute approximate surface area is 139 Å².